The van der Waals surface area contributed by atoms with Crippen molar-refractivity contribution >= 4 is 31.6 Å². The number of sulfonamides is 1. The second-order valence-electron chi connectivity index (χ2n) is 6.18. The van der Waals surface area contributed by atoms with E-state index in [1.807, 2.05) is 4.90 Å². The number of rotatable bonds is 5. The minimum atomic E-state index is -3.92. The number of nitro benzene ring substituents is 1. The summed E-state index contributed by atoms with van der Waals surface area (Å²) in [5.74, 6) is -0.780. The Balaban J connectivity index is 1.67. The SMILES string of the molecule is O=[N+]([O-])c1cccc(CN2CCN(S(=O)(=O)c3cc(Br)ccc3F)CC2)c1. The van der Waals surface area contributed by atoms with Crippen LogP contribution in [0.4, 0.5) is 10.1 Å². The van der Waals surface area contributed by atoms with Gasteiger partial charge in [0.2, 0.25) is 10.0 Å². The van der Waals surface area contributed by atoms with Gasteiger partial charge in [0.1, 0.15) is 10.7 Å². The molecule has 27 heavy (non-hydrogen) atoms. The summed E-state index contributed by atoms with van der Waals surface area (Å²) in [5.41, 5.74) is 0.817. The number of non-ortho nitro benzene ring substituents is 1. The first-order valence-corrected chi connectivity index (χ1v) is 10.4. The van der Waals surface area contributed by atoms with Gasteiger partial charge in [0, 0.05) is 49.3 Å². The molecule has 2 aromatic rings. The lowest BCUT2D eigenvalue weighted by Gasteiger charge is -2.34. The van der Waals surface area contributed by atoms with Gasteiger partial charge in [-0.05, 0) is 23.8 Å². The number of nitrogens with zero attached hydrogens (tertiary/aromatic N) is 3. The Bertz CT molecular complexity index is 962. The molecular weight excluding hydrogens is 441 g/mol. The molecule has 0 amide bonds. The Morgan fingerprint density at radius 1 is 1.11 bits per heavy atom. The van der Waals surface area contributed by atoms with E-state index in [1.165, 1.54) is 28.6 Å². The maximum absolute atomic E-state index is 14.0. The van der Waals surface area contributed by atoms with Crippen molar-refractivity contribution in [3.05, 3.63) is 68.4 Å². The number of piperazine rings is 1. The van der Waals surface area contributed by atoms with E-state index in [-0.39, 0.29) is 23.7 Å². The van der Waals surface area contributed by atoms with Crippen molar-refractivity contribution in [3.63, 3.8) is 0 Å². The molecular formula is C17H17BrFN3O4S. The molecule has 7 nitrogen and oxygen atoms in total. The molecule has 0 radical (unpaired) electrons. The summed E-state index contributed by atoms with van der Waals surface area (Å²) in [5, 5.41) is 10.9. The van der Waals surface area contributed by atoms with Crippen molar-refractivity contribution in [1.82, 2.24) is 9.21 Å². The zero-order valence-electron chi connectivity index (χ0n) is 14.2. The van der Waals surface area contributed by atoms with Gasteiger partial charge in [-0.15, -0.1) is 0 Å². The first-order chi connectivity index (χ1) is 12.8. The van der Waals surface area contributed by atoms with E-state index in [9.17, 15) is 22.9 Å². The molecule has 0 unspecified atom stereocenters. The largest absolute Gasteiger partial charge is 0.296 e. The van der Waals surface area contributed by atoms with Crippen LogP contribution in [-0.2, 0) is 16.6 Å². The first kappa shape index (κ1) is 19.9. The highest BCUT2D eigenvalue weighted by molar-refractivity contribution is 9.10. The van der Waals surface area contributed by atoms with E-state index < -0.39 is 20.8 Å². The summed E-state index contributed by atoms with van der Waals surface area (Å²) in [4.78, 5) is 12.1. The summed E-state index contributed by atoms with van der Waals surface area (Å²) in [7, 11) is -3.92. The third-order valence-corrected chi connectivity index (χ3v) is 6.78. The molecule has 0 N–H and O–H groups in total. The fourth-order valence-electron chi connectivity index (χ4n) is 2.97. The second-order valence-corrected chi connectivity index (χ2v) is 9.00. The van der Waals surface area contributed by atoms with E-state index in [0.717, 1.165) is 11.6 Å². The van der Waals surface area contributed by atoms with Crippen molar-refractivity contribution in [3.8, 4) is 0 Å². The monoisotopic (exact) mass is 457 g/mol. The Morgan fingerprint density at radius 2 is 1.81 bits per heavy atom. The van der Waals surface area contributed by atoms with E-state index >= 15 is 0 Å². The van der Waals surface area contributed by atoms with Crippen molar-refractivity contribution < 1.29 is 17.7 Å². The average Bonchev–Trinajstić information content (AvgIpc) is 2.64. The molecule has 144 valence electrons. The topological polar surface area (TPSA) is 83.8 Å². The number of hydrogen-bond acceptors (Lipinski definition) is 5. The van der Waals surface area contributed by atoms with Crippen LogP contribution < -0.4 is 0 Å². The smallest absolute Gasteiger partial charge is 0.269 e. The molecule has 3 rings (SSSR count). The van der Waals surface area contributed by atoms with Gasteiger partial charge in [-0.3, -0.25) is 15.0 Å². The van der Waals surface area contributed by atoms with Crippen molar-refractivity contribution in [2.75, 3.05) is 26.2 Å². The zero-order chi connectivity index (χ0) is 19.6. The Kier molecular flexibility index (Phi) is 5.89. The molecule has 0 aliphatic carbocycles. The predicted molar refractivity (Wildman–Crippen MR) is 101 cm³/mol. The molecule has 1 fully saturated rings. The lowest BCUT2D eigenvalue weighted by molar-refractivity contribution is -0.384. The van der Waals surface area contributed by atoms with Gasteiger partial charge < -0.3 is 0 Å². The summed E-state index contributed by atoms with van der Waals surface area (Å²) >= 11 is 3.17. The van der Waals surface area contributed by atoms with Crippen LogP contribution in [-0.4, -0.2) is 48.7 Å². The zero-order valence-corrected chi connectivity index (χ0v) is 16.6. The van der Waals surface area contributed by atoms with Crippen LogP contribution in [0.1, 0.15) is 5.56 Å². The van der Waals surface area contributed by atoms with E-state index in [2.05, 4.69) is 15.9 Å². The van der Waals surface area contributed by atoms with Crippen molar-refractivity contribution in [1.29, 1.82) is 0 Å². The van der Waals surface area contributed by atoms with Gasteiger partial charge in [0.25, 0.3) is 5.69 Å². The number of nitro groups is 1. The van der Waals surface area contributed by atoms with Crippen LogP contribution >= 0.6 is 15.9 Å². The molecule has 1 aliphatic rings. The first-order valence-electron chi connectivity index (χ1n) is 8.18. The van der Waals surface area contributed by atoms with Gasteiger partial charge in [-0.2, -0.15) is 4.31 Å². The van der Waals surface area contributed by atoms with E-state index in [0.29, 0.717) is 24.1 Å². The Hall–Kier alpha value is -1.88. The van der Waals surface area contributed by atoms with Gasteiger partial charge in [0.05, 0.1) is 4.92 Å². The minimum absolute atomic E-state index is 0.0267. The standard InChI is InChI=1S/C17H17BrFN3O4S/c18-14-4-5-16(19)17(11-14)27(25,26)21-8-6-20(7-9-21)12-13-2-1-3-15(10-13)22(23)24/h1-5,10-11H,6-9,12H2. The molecule has 1 saturated heterocycles. The molecule has 2 aromatic carbocycles. The van der Waals surface area contributed by atoms with Crippen molar-refractivity contribution in [2.24, 2.45) is 0 Å². The molecule has 0 aromatic heterocycles. The number of hydrogen-bond donors (Lipinski definition) is 0. The van der Waals surface area contributed by atoms with Gasteiger partial charge in [0.15, 0.2) is 0 Å². The van der Waals surface area contributed by atoms with Crippen LogP contribution in [0.2, 0.25) is 0 Å². The lowest BCUT2D eigenvalue weighted by atomic mass is 10.2. The summed E-state index contributed by atoms with van der Waals surface area (Å²) in [6.07, 6.45) is 0. The van der Waals surface area contributed by atoms with Gasteiger partial charge >= 0.3 is 0 Å². The van der Waals surface area contributed by atoms with Gasteiger partial charge in [-0.25, -0.2) is 12.8 Å². The fraction of sp³-hybridized carbons (Fsp3) is 0.294. The maximum atomic E-state index is 14.0. The summed E-state index contributed by atoms with van der Waals surface area (Å²) in [6, 6.07) is 10.2. The predicted octanol–water partition coefficient (Wildman–Crippen LogP) is 3.00. The van der Waals surface area contributed by atoms with Crippen LogP contribution in [0.15, 0.2) is 51.8 Å². The highest BCUT2D eigenvalue weighted by atomic mass is 79.9. The fourth-order valence-corrected chi connectivity index (χ4v) is 4.99. The second kappa shape index (κ2) is 8.01. The van der Waals surface area contributed by atoms with Crippen LogP contribution in [0.25, 0.3) is 0 Å². The highest BCUT2D eigenvalue weighted by Gasteiger charge is 2.30. The van der Waals surface area contributed by atoms with Crippen LogP contribution in [0, 0.1) is 15.9 Å². The molecule has 0 saturated carbocycles. The Labute approximate surface area is 164 Å². The summed E-state index contributed by atoms with van der Waals surface area (Å²) in [6.45, 7) is 1.85. The van der Waals surface area contributed by atoms with Crippen molar-refractivity contribution in [2.45, 2.75) is 11.4 Å². The third-order valence-electron chi connectivity index (χ3n) is 4.37. The van der Waals surface area contributed by atoms with Crippen LogP contribution in [0.5, 0.6) is 0 Å². The molecule has 1 heterocycles. The average molecular weight is 458 g/mol. The third kappa shape index (κ3) is 4.52. The van der Waals surface area contributed by atoms with E-state index in [4.69, 9.17) is 0 Å². The van der Waals surface area contributed by atoms with Gasteiger partial charge in [-0.1, -0.05) is 28.1 Å². The van der Waals surface area contributed by atoms with E-state index in [1.54, 1.807) is 12.1 Å². The molecule has 0 atom stereocenters. The summed E-state index contributed by atoms with van der Waals surface area (Å²) < 4.78 is 41.2. The highest BCUT2D eigenvalue weighted by Crippen LogP contribution is 2.24. The molecule has 1 aliphatic heterocycles. The van der Waals surface area contributed by atoms with Crippen LogP contribution in [0.3, 0.4) is 0 Å². The molecule has 0 spiro atoms. The quantitative estimate of drug-likeness (QED) is 0.508. The normalized spacial score (nSPS) is 16.4. The number of benzene rings is 2. The Morgan fingerprint density at radius 3 is 2.48 bits per heavy atom. The lowest BCUT2D eigenvalue weighted by Crippen LogP contribution is -2.48. The molecule has 10 heteroatoms. The number of halogens is 2. The minimum Gasteiger partial charge on any atom is -0.296 e. The molecule has 0 bridgehead atoms. The maximum Gasteiger partial charge on any atom is 0.269 e.